The maximum atomic E-state index is 12.7. The third-order valence-corrected chi connectivity index (χ3v) is 5.88. The first-order valence-electron chi connectivity index (χ1n) is 10.9. The van der Waals surface area contributed by atoms with Gasteiger partial charge in [0, 0.05) is 37.9 Å². The predicted octanol–water partition coefficient (Wildman–Crippen LogP) is 3.47. The zero-order valence-corrected chi connectivity index (χ0v) is 18.0. The molecule has 0 bridgehead atoms. The first-order valence-corrected chi connectivity index (χ1v) is 10.9. The fraction of sp³-hybridized carbons (Fsp3) is 0.360. The zero-order valence-electron chi connectivity index (χ0n) is 18.0. The van der Waals surface area contributed by atoms with Crippen molar-refractivity contribution in [1.82, 2.24) is 19.8 Å². The monoisotopic (exact) mass is 418 g/mol. The quantitative estimate of drug-likeness (QED) is 0.609. The molecule has 0 spiro atoms. The summed E-state index contributed by atoms with van der Waals surface area (Å²) >= 11 is 0. The van der Waals surface area contributed by atoms with Gasteiger partial charge in [0.1, 0.15) is 5.75 Å². The van der Waals surface area contributed by atoms with Gasteiger partial charge in [-0.1, -0.05) is 36.4 Å². The molecule has 1 aliphatic heterocycles. The third kappa shape index (κ3) is 5.95. The Hall–Kier alpha value is -3.12. The standard InChI is InChI=1S/C25H30N4O2/c1-31-24-7-3-6-22(15-24)17-28-11-8-23(9-12-28)25(30)27-16-20-4-2-5-21(14-20)18-29-13-10-26-19-29/h2-7,10,13-15,19,23H,8-9,11-12,16-18H2,1H3,(H,27,30). The first-order chi connectivity index (χ1) is 15.2. The molecule has 0 radical (unpaired) electrons. The number of rotatable bonds is 8. The van der Waals surface area contributed by atoms with E-state index in [4.69, 9.17) is 4.74 Å². The second kappa shape index (κ2) is 10.3. The molecule has 2 aromatic carbocycles. The fourth-order valence-corrected chi connectivity index (χ4v) is 4.14. The van der Waals surface area contributed by atoms with Gasteiger partial charge in [-0.25, -0.2) is 4.98 Å². The molecule has 0 unspecified atom stereocenters. The van der Waals surface area contributed by atoms with Gasteiger partial charge in [-0.05, 0) is 54.8 Å². The highest BCUT2D eigenvalue weighted by Gasteiger charge is 2.24. The Labute approximate surface area is 183 Å². The largest absolute Gasteiger partial charge is 0.497 e. The molecule has 162 valence electrons. The summed E-state index contributed by atoms with van der Waals surface area (Å²) in [4.78, 5) is 19.2. The van der Waals surface area contributed by atoms with E-state index in [9.17, 15) is 4.79 Å². The number of methoxy groups -OCH3 is 1. The predicted molar refractivity (Wildman–Crippen MR) is 121 cm³/mol. The van der Waals surface area contributed by atoms with Gasteiger partial charge in [0.15, 0.2) is 0 Å². The maximum Gasteiger partial charge on any atom is 0.223 e. The van der Waals surface area contributed by atoms with Crippen molar-refractivity contribution < 1.29 is 9.53 Å². The van der Waals surface area contributed by atoms with Crippen LogP contribution >= 0.6 is 0 Å². The average Bonchev–Trinajstić information content (AvgIpc) is 3.31. The van der Waals surface area contributed by atoms with Crippen LogP contribution in [0.3, 0.4) is 0 Å². The summed E-state index contributed by atoms with van der Waals surface area (Å²) in [5.74, 6) is 1.15. The minimum Gasteiger partial charge on any atom is -0.497 e. The van der Waals surface area contributed by atoms with Crippen LogP contribution < -0.4 is 10.1 Å². The number of carbonyl (C=O) groups is 1. The Bertz CT molecular complexity index is 979. The molecule has 0 atom stereocenters. The summed E-state index contributed by atoms with van der Waals surface area (Å²) in [6.45, 7) is 4.13. The number of nitrogens with zero attached hydrogens (tertiary/aromatic N) is 3. The number of nitrogens with one attached hydrogen (secondary N) is 1. The van der Waals surface area contributed by atoms with E-state index in [0.29, 0.717) is 6.54 Å². The number of hydrogen-bond acceptors (Lipinski definition) is 4. The number of carbonyl (C=O) groups excluding carboxylic acids is 1. The Morgan fingerprint density at radius 2 is 1.81 bits per heavy atom. The molecular weight excluding hydrogens is 388 g/mol. The number of amides is 1. The van der Waals surface area contributed by atoms with Crippen LogP contribution in [0.1, 0.15) is 29.5 Å². The lowest BCUT2D eigenvalue weighted by molar-refractivity contribution is -0.126. The molecule has 1 amide bonds. The third-order valence-electron chi connectivity index (χ3n) is 5.88. The number of ether oxygens (including phenoxy) is 1. The van der Waals surface area contributed by atoms with E-state index in [-0.39, 0.29) is 11.8 Å². The molecule has 6 nitrogen and oxygen atoms in total. The number of imidazole rings is 1. The van der Waals surface area contributed by atoms with E-state index < -0.39 is 0 Å². The van der Waals surface area contributed by atoms with E-state index in [0.717, 1.165) is 50.3 Å². The molecule has 4 rings (SSSR count). The number of likely N-dealkylation sites (tertiary alicyclic amines) is 1. The molecule has 2 heterocycles. The highest BCUT2D eigenvalue weighted by Crippen LogP contribution is 2.21. The summed E-state index contributed by atoms with van der Waals surface area (Å²) in [6.07, 6.45) is 7.35. The number of piperidine rings is 1. The van der Waals surface area contributed by atoms with E-state index in [2.05, 4.69) is 45.5 Å². The molecule has 3 aromatic rings. The minimum absolute atomic E-state index is 0.0932. The van der Waals surface area contributed by atoms with Gasteiger partial charge in [-0.2, -0.15) is 0 Å². The SMILES string of the molecule is COc1cccc(CN2CCC(C(=O)NCc3cccc(Cn4ccnc4)c3)CC2)c1. The summed E-state index contributed by atoms with van der Waals surface area (Å²) in [6, 6.07) is 16.6. The van der Waals surface area contributed by atoms with Crippen LogP contribution in [0.25, 0.3) is 0 Å². The second-order valence-corrected chi connectivity index (χ2v) is 8.17. The van der Waals surface area contributed by atoms with Crippen LogP contribution in [0.5, 0.6) is 5.75 Å². The lowest BCUT2D eigenvalue weighted by Crippen LogP contribution is -2.40. The first kappa shape index (κ1) is 21.1. The van der Waals surface area contributed by atoms with Crippen LogP contribution in [0.4, 0.5) is 0 Å². The van der Waals surface area contributed by atoms with Crippen molar-refractivity contribution in [2.24, 2.45) is 5.92 Å². The van der Waals surface area contributed by atoms with Gasteiger partial charge in [-0.15, -0.1) is 0 Å². The molecule has 1 aliphatic rings. The van der Waals surface area contributed by atoms with Gasteiger partial charge in [0.05, 0.1) is 13.4 Å². The Balaban J connectivity index is 1.23. The van der Waals surface area contributed by atoms with Crippen molar-refractivity contribution in [2.75, 3.05) is 20.2 Å². The molecule has 0 aliphatic carbocycles. The Morgan fingerprint density at radius 1 is 1.06 bits per heavy atom. The molecule has 1 saturated heterocycles. The van der Waals surface area contributed by atoms with E-state index in [1.54, 1.807) is 13.3 Å². The topological polar surface area (TPSA) is 59.4 Å². The summed E-state index contributed by atoms with van der Waals surface area (Å²) in [7, 11) is 1.69. The molecular formula is C25H30N4O2. The van der Waals surface area contributed by atoms with E-state index >= 15 is 0 Å². The zero-order chi connectivity index (χ0) is 21.5. The number of aromatic nitrogens is 2. The molecule has 6 heteroatoms. The highest BCUT2D eigenvalue weighted by molar-refractivity contribution is 5.78. The molecule has 1 aromatic heterocycles. The summed E-state index contributed by atoms with van der Waals surface area (Å²) < 4.78 is 7.35. The Kier molecular flexibility index (Phi) is 6.99. The summed E-state index contributed by atoms with van der Waals surface area (Å²) in [5, 5.41) is 3.14. The van der Waals surface area contributed by atoms with Gasteiger partial charge in [0.2, 0.25) is 5.91 Å². The van der Waals surface area contributed by atoms with Crippen LogP contribution in [0, 0.1) is 5.92 Å². The minimum atomic E-state index is 0.0932. The van der Waals surface area contributed by atoms with Gasteiger partial charge in [0.25, 0.3) is 0 Å². The van der Waals surface area contributed by atoms with Crippen molar-refractivity contribution in [3.05, 3.63) is 83.9 Å². The van der Waals surface area contributed by atoms with Gasteiger partial charge >= 0.3 is 0 Å². The Morgan fingerprint density at radius 3 is 2.55 bits per heavy atom. The molecule has 1 N–H and O–H groups in total. The number of hydrogen-bond donors (Lipinski definition) is 1. The van der Waals surface area contributed by atoms with Crippen molar-refractivity contribution in [2.45, 2.75) is 32.5 Å². The second-order valence-electron chi connectivity index (χ2n) is 8.17. The fourth-order valence-electron chi connectivity index (χ4n) is 4.14. The van der Waals surface area contributed by atoms with Crippen LogP contribution in [-0.4, -0.2) is 40.6 Å². The number of benzene rings is 2. The lowest BCUT2D eigenvalue weighted by Gasteiger charge is -2.31. The van der Waals surface area contributed by atoms with E-state index in [1.807, 2.05) is 35.3 Å². The van der Waals surface area contributed by atoms with Crippen LogP contribution in [0.15, 0.2) is 67.3 Å². The highest BCUT2D eigenvalue weighted by atomic mass is 16.5. The van der Waals surface area contributed by atoms with Crippen molar-refractivity contribution in [3.8, 4) is 5.75 Å². The van der Waals surface area contributed by atoms with Crippen LogP contribution in [-0.2, 0) is 24.4 Å². The van der Waals surface area contributed by atoms with Crippen molar-refractivity contribution in [3.63, 3.8) is 0 Å². The normalized spacial score (nSPS) is 15.0. The molecule has 31 heavy (non-hydrogen) atoms. The van der Waals surface area contributed by atoms with Crippen LogP contribution in [0.2, 0.25) is 0 Å². The average molecular weight is 419 g/mol. The molecule has 1 fully saturated rings. The maximum absolute atomic E-state index is 12.7. The van der Waals surface area contributed by atoms with Crippen molar-refractivity contribution in [1.29, 1.82) is 0 Å². The van der Waals surface area contributed by atoms with Gasteiger partial charge in [-0.3, -0.25) is 9.69 Å². The van der Waals surface area contributed by atoms with Crippen molar-refractivity contribution >= 4 is 5.91 Å². The molecule has 0 saturated carbocycles. The summed E-state index contributed by atoms with van der Waals surface area (Å²) in [5.41, 5.74) is 3.58. The smallest absolute Gasteiger partial charge is 0.223 e. The van der Waals surface area contributed by atoms with Gasteiger partial charge < -0.3 is 14.6 Å². The van der Waals surface area contributed by atoms with E-state index in [1.165, 1.54) is 11.1 Å². The lowest BCUT2D eigenvalue weighted by atomic mass is 9.95.